The van der Waals surface area contributed by atoms with Gasteiger partial charge in [-0.05, 0) is 42.4 Å². The number of rotatable bonds is 5. The zero-order valence-electron chi connectivity index (χ0n) is 16.9. The van der Waals surface area contributed by atoms with Crippen molar-refractivity contribution >= 4 is 23.3 Å². The number of oxazole rings is 1. The van der Waals surface area contributed by atoms with Gasteiger partial charge in [-0.3, -0.25) is 4.79 Å². The molecule has 162 valence electrons. The highest BCUT2D eigenvalue weighted by atomic mass is 19.2. The Labute approximate surface area is 177 Å². The van der Waals surface area contributed by atoms with E-state index in [1.807, 2.05) is 24.3 Å². The number of hydrogen-bond acceptors (Lipinski definition) is 4. The van der Waals surface area contributed by atoms with Gasteiger partial charge in [0.2, 0.25) is 0 Å². The summed E-state index contributed by atoms with van der Waals surface area (Å²) < 4.78 is 45.2. The molecule has 2 aromatic carbocycles. The summed E-state index contributed by atoms with van der Waals surface area (Å²) in [6.07, 6.45) is 5.92. The number of nitrogens with one attached hydrogen (secondary N) is 2. The molecule has 3 aromatic rings. The number of carbonyl (C=O) groups is 1. The number of benzene rings is 2. The predicted octanol–water partition coefficient (Wildman–Crippen LogP) is 6.38. The Morgan fingerprint density at radius 2 is 1.68 bits per heavy atom. The number of nitrogens with zero attached hydrogens (tertiary/aromatic N) is 1. The third kappa shape index (κ3) is 4.90. The number of amides is 1. The van der Waals surface area contributed by atoms with Crippen molar-refractivity contribution in [2.75, 3.05) is 10.6 Å². The van der Waals surface area contributed by atoms with Gasteiger partial charge in [-0.15, -0.1) is 0 Å². The van der Waals surface area contributed by atoms with E-state index in [-0.39, 0.29) is 17.4 Å². The molecule has 0 atom stereocenters. The van der Waals surface area contributed by atoms with Crippen LogP contribution in [0.5, 0.6) is 0 Å². The minimum atomic E-state index is -1.31. The largest absolute Gasteiger partial charge is 0.431 e. The third-order valence-corrected chi connectivity index (χ3v) is 5.64. The molecule has 0 radical (unpaired) electrons. The van der Waals surface area contributed by atoms with E-state index < -0.39 is 23.4 Å². The molecule has 0 aliphatic heterocycles. The van der Waals surface area contributed by atoms with Crippen molar-refractivity contribution < 1.29 is 22.4 Å². The van der Waals surface area contributed by atoms with Crippen LogP contribution in [0, 0.1) is 23.4 Å². The number of halogens is 3. The summed E-state index contributed by atoms with van der Waals surface area (Å²) in [5, 5.41) is 5.11. The average Bonchev–Trinajstić information content (AvgIpc) is 3.22. The fourth-order valence-electron chi connectivity index (χ4n) is 3.80. The van der Waals surface area contributed by atoms with Gasteiger partial charge in [0.1, 0.15) is 12.1 Å². The Morgan fingerprint density at radius 3 is 2.39 bits per heavy atom. The van der Waals surface area contributed by atoms with Gasteiger partial charge in [0.15, 0.2) is 17.3 Å². The molecule has 1 saturated carbocycles. The van der Waals surface area contributed by atoms with Gasteiger partial charge >= 0.3 is 0 Å². The smallest absolute Gasteiger partial charge is 0.299 e. The molecule has 0 saturated heterocycles. The van der Waals surface area contributed by atoms with Crippen LogP contribution in [0.4, 0.5) is 30.6 Å². The van der Waals surface area contributed by atoms with E-state index in [9.17, 15) is 18.0 Å². The van der Waals surface area contributed by atoms with E-state index in [0.29, 0.717) is 23.7 Å². The Morgan fingerprint density at radius 1 is 1.00 bits per heavy atom. The van der Waals surface area contributed by atoms with Gasteiger partial charge in [0.05, 0.1) is 5.69 Å². The molecule has 2 N–H and O–H groups in total. The lowest BCUT2D eigenvalue weighted by molar-refractivity contribution is 0.102. The molecule has 5 nitrogen and oxygen atoms in total. The van der Waals surface area contributed by atoms with Gasteiger partial charge in [0, 0.05) is 17.8 Å². The normalized spacial score (nSPS) is 18.6. The highest BCUT2D eigenvalue weighted by Gasteiger charge is 2.20. The Kier molecular flexibility index (Phi) is 5.97. The highest BCUT2D eigenvalue weighted by Crippen LogP contribution is 2.35. The maximum absolute atomic E-state index is 13.7. The maximum Gasteiger partial charge on any atom is 0.299 e. The zero-order valence-corrected chi connectivity index (χ0v) is 16.9. The summed E-state index contributed by atoms with van der Waals surface area (Å²) in [7, 11) is 0. The fraction of sp³-hybridized carbons (Fsp3) is 0.304. The topological polar surface area (TPSA) is 67.2 Å². The predicted molar refractivity (Wildman–Crippen MR) is 111 cm³/mol. The van der Waals surface area contributed by atoms with Crippen molar-refractivity contribution in [3.8, 4) is 0 Å². The molecule has 1 aliphatic carbocycles. The van der Waals surface area contributed by atoms with Gasteiger partial charge < -0.3 is 15.1 Å². The lowest BCUT2D eigenvalue weighted by Crippen LogP contribution is -2.13. The van der Waals surface area contributed by atoms with Crippen LogP contribution < -0.4 is 10.6 Å². The lowest BCUT2D eigenvalue weighted by atomic mass is 9.79. The Bertz CT molecular complexity index is 1070. The first kappa shape index (κ1) is 21.0. The number of aromatic nitrogens is 1. The number of hydrogen-bond donors (Lipinski definition) is 2. The molecule has 1 aromatic heterocycles. The zero-order chi connectivity index (χ0) is 22.0. The first-order valence-electron chi connectivity index (χ1n) is 10.2. The molecule has 1 amide bonds. The molecule has 0 bridgehead atoms. The molecule has 1 fully saturated rings. The quantitative estimate of drug-likeness (QED) is 0.462. The minimum Gasteiger partial charge on any atom is -0.431 e. The van der Waals surface area contributed by atoms with E-state index >= 15 is 0 Å². The molecule has 31 heavy (non-hydrogen) atoms. The van der Waals surface area contributed by atoms with Gasteiger partial charge in [-0.1, -0.05) is 31.9 Å². The van der Waals surface area contributed by atoms with Crippen LogP contribution in [0.3, 0.4) is 0 Å². The molecule has 0 unspecified atom stereocenters. The van der Waals surface area contributed by atoms with Crippen molar-refractivity contribution in [3.63, 3.8) is 0 Å². The summed E-state index contributed by atoms with van der Waals surface area (Å²) in [5.41, 5.74) is 1.48. The van der Waals surface area contributed by atoms with Gasteiger partial charge in [-0.2, -0.15) is 4.98 Å². The molecular weight excluding hydrogens is 407 g/mol. The molecular formula is C23H22F3N3O2. The van der Waals surface area contributed by atoms with Crippen LogP contribution in [0.25, 0.3) is 0 Å². The summed E-state index contributed by atoms with van der Waals surface area (Å²) in [6.45, 7) is 2.29. The second-order valence-corrected chi connectivity index (χ2v) is 7.94. The van der Waals surface area contributed by atoms with Crippen LogP contribution in [0.15, 0.2) is 47.1 Å². The van der Waals surface area contributed by atoms with Crippen molar-refractivity contribution in [1.29, 1.82) is 0 Å². The second-order valence-electron chi connectivity index (χ2n) is 7.94. The minimum absolute atomic E-state index is 0.0455. The summed E-state index contributed by atoms with van der Waals surface area (Å²) >= 11 is 0. The lowest BCUT2D eigenvalue weighted by Gasteiger charge is -2.26. The fourth-order valence-corrected chi connectivity index (χ4v) is 3.80. The van der Waals surface area contributed by atoms with Crippen molar-refractivity contribution in [1.82, 2.24) is 4.98 Å². The van der Waals surface area contributed by atoms with Crippen LogP contribution >= 0.6 is 0 Å². The first-order valence-corrected chi connectivity index (χ1v) is 10.2. The van der Waals surface area contributed by atoms with Gasteiger partial charge in [-0.25, -0.2) is 13.2 Å². The van der Waals surface area contributed by atoms with Crippen LogP contribution in [0.2, 0.25) is 0 Å². The summed E-state index contributed by atoms with van der Waals surface area (Å²) in [5.74, 6) is -2.71. The van der Waals surface area contributed by atoms with Gasteiger partial charge in [0.25, 0.3) is 11.9 Å². The highest BCUT2D eigenvalue weighted by molar-refractivity contribution is 6.02. The van der Waals surface area contributed by atoms with Crippen molar-refractivity contribution in [2.45, 2.75) is 38.5 Å². The van der Waals surface area contributed by atoms with Crippen LogP contribution in [-0.4, -0.2) is 10.9 Å². The SMILES string of the molecule is CC1CCC(c2ccc(NC(=O)c3coc(Nc4cc(F)c(F)cc4F)n3)cc2)CC1. The van der Waals surface area contributed by atoms with E-state index in [1.165, 1.54) is 31.2 Å². The molecule has 1 aliphatic rings. The van der Waals surface area contributed by atoms with E-state index in [2.05, 4.69) is 22.5 Å². The maximum atomic E-state index is 13.7. The van der Waals surface area contributed by atoms with Crippen molar-refractivity contribution in [3.05, 3.63) is 71.4 Å². The molecule has 4 rings (SSSR count). The summed E-state index contributed by atoms with van der Waals surface area (Å²) in [4.78, 5) is 16.3. The van der Waals surface area contributed by atoms with Crippen LogP contribution in [-0.2, 0) is 0 Å². The van der Waals surface area contributed by atoms with E-state index in [0.717, 1.165) is 12.2 Å². The standard InChI is InChI=1S/C23H22F3N3O2/c1-13-2-4-14(5-3-13)15-6-8-16(9-7-15)27-22(30)21-12-31-23(29-21)28-20-11-18(25)17(24)10-19(20)26/h6-14H,2-5H2,1H3,(H,27,30)(H,28,29). The van der Waals surface area contributed by atoms with E-state index in [1.54, 1.807) is 0 Å². The molecule has 8 heteroatoms. The average molecular weight is 429 g/mol. The number of carbonyl (C=O) groups excluding carboxylic acids is 1. The third-order valence-electron chi connectivity index (χ3n) is 5.64. The van der Waals surface area contributed by atoms with Crippen molar-refractivity contribution in [2.24, 2.45) is 5.92 Å². The summed E-state index contributed by atoms with van der Waals surface area (Å²) in [6, 6.07) is 8.57. The monoisotopic (exact) mass is 429 g/mol. The Balaban J connectivity index is 1.38. The second kappa shape index (κ2) is 8.83. The number of anilines is 3. The Hall–Kier alpha value is -3.29. The molecule has 1 heterocycles. The molecule has 0 spiro atoms. The van der Waals surface area contributed by atoms with E-state index in [4.69, 9.17) is 4.42 Å². The van der Waals surface area contributed by atoms with Crippen LogP contribution in [0.1, 0.15) is 54.6 Å². The first-order chi connectivity index (χ1) is 14.9.